The highest BCUT2D eigenvalue weighted by Crippen LogP contribution is 2.42. The highest BCUT2D eigenvalue weighted by molar-refractivity contribution is 6.33. The minimum Gasteiger partial charge on any atom is -0.444 e. The lowest BCUT2D eigenvalue weighted by Gasteiger charge is -2.40. The fourth-order valence-electron chi connectivity index (χ4n) is 4.22. The molecule has 2 fully saturated rings. The Balaban J connectivity index is 1.57. The molecule has 134 valence electrons. The molecule has 0 aromatic carbocycles. The molecule has 2 bridgehead atoms. The Bertz CT molecular complexity index is 799. The summed E-state index contributed by atoms with van der Waals surface area (Å²) >= 11 is 6.17. The SMILES string of the molecule is CC(C)(C)OC(=O)N1C2CCC1CC(n1ccc3c(Cl)ncnc31)C2. The minimum absolute atomic E-state index is 0.179. The highest BCUT2D eigenvalue weighted by Gasteiger charge is 2.45. The maximum atomic E-state index is 12.6. The van der Waals surface area contributed by atoms with Crippen LogP contribution >= 0.6 is 11.6 Å². The molecule has 4 rings (SSSR count). The van der Waals surface area contributed by atoms with Gasteiger partial charge in [-0.25, -0.2) is 14.8 Å². The number of amides is 1. The maximum absolute atomic E-state index is 12.6. The zero-order valence-electron chi connectivity index (χ0n) is 14.8. The Hall–Kier alpha value is -1.82. The van der Waals surface area contributed by atoms with Crippen LogP contribution in [-0.2, 0) is 4.74 Å². The largest absolute Gasteiger partial charge is 0.444 e. The molecule has 0 saturated carbocycles. The van der Waals surface area contributed by atoms with Crippen molar-refractivity contribution in [3.8, 4) is 0 Å². The van der Waals surface area contributed by atoms with Gasteiger partial charge in [-0.05, 0) is 52.5 Å². The Morgan fingerprint density at radius 1 is 1.20 bits per heavy atom. The lowest BCUT2D eigenvalue weighted by Crippen LogP contribution is -2.48. The quantitative estimate of drug-likeness (QED) is 0.714. The fraction of sp³-hybridized carbons (Fsp3) is 0.611. The van der Waals surface area contributed by atoms with Gasteiger partial charge in [0.1, 0.15) is 22.7 Å². The zero-order valence-corrected chi connectivity index (χ0v) is 15.5. The minimum atomic E-state index is -0.461. The van der Waals surface area contributed by atoms with Crippen LogP contribution in [0.1, 0.15) is 52.5 Å². The Labute approximate surface area is 152 Å². The smallest absolute Gasteiger partial charge is 0.410 e. The van der Waals surface area contributed by atoms with Gasteiger partial charge in [-0.15, -0.1) is 0 Å². The average Bonchev–Trinajstić information content (AvgIpc) is 3.06. The van der Waals surface area contributed by atoms with E-state index >= 15 is 0 Å². The fourth-order valence-corrected chi connectivity index (χ4v) is 4.41. The van der Waals surface area contributed by atoms with Crippen molar-refractivity contribution in [3.63, 3.8) is 0 Å². The summed E-state index contributed by atoms with van der Waals surface area (Å²) in [6, 6.07) is 2.75. The van der Waals surface area contributed by atoms with Gasteiger partial charge in [-0.2, -0.15) is 0 Å². The van der Waals surface area contributed by atoms with Crippen LogP contribution in [0.2, 0.25) is 5.15 Å². The molecule has 2 aliphatic rings. The molecule has 2 aliphatic heterocycles. The van der Waals surface area contributed by atoms with Gasteiger partial charge >= 0.3 is 6.09 Å². The molecule has 2 saturated heterocycles. The summed E-state index contributed by atoms with van der Waals surface area (Å²) in [6.45, 7) is 5.73. The van der Waals surface area contributed by atoms with Crippen LogP contribution in [0.25, 0.3) is 11.0 Å². The monoisotopic (exact) mass is 362 g/mol. The van der Waals surface area contributed by atoms with E-state index < -0.39 is 5.60 Å². The predicted molar refractivity (Wildman–Crippen MR) is 95.7 cm³/mol. The van der Waals surface area contributed by atoms with Gasteiger partial charge in [0.2, 0.25) is 0 Å². The van der Waals surface area contributed by atoms with Gasteiger partial charge in [0.05, 0.1) is 5.39 Å². The number of fused-ring (bicyclic) bond motifs is 3. The van der Waals surface area contributed by atoms with Crippen LogP contribution in [0.5, 0.6) is 0 Å². The maximum Gasteiger partial charge on any atom is 0.410 e. The van der Waals surface area contributed by atoms with Gasteiger partial charge in [-0.1, -0.05) is 11.6 Å². The van der Waals surface area contributed by atoms with Gasteiger partial charge in [0, 0.05) is 24.3 Å². The van der Waals surface area contributed by atoms with Crippen molar-refractivity contribution >= 4 is 28.7 Å². The second-order valence-electron chi connectivity index (χ2n) is 8.02. The summed E-state index contributed by atoms with van der Waals surface area (Å²) in [7, 11) is 0. The third kappa shape index (κ3) is 2.97. The molecule has 2 aromatic heterocycles. The van der Waals surface area contributed by atoms with E-state index in [4.69, 9.17) is 16.3 Å². The number of ether oxygens (including phenoxy) is 1. The summed E-state index contributed by atoms with van der Waals surface area (Å²) in [6.07, 6.45) is 7.28. The summed E-state index contributed by atoms with van der Waals surface area (Å²) < 4.78 is 7.81. The van der Waals surface area contributed by atoms with E-state index in [1.165, 1.54) is 6.33 Å². The molecule has 2 atom stereocenters. The van der Waals surface area contributed by atoms with E-state index in [9.17, 15) is 4.79 Å². The molecule has 0 radical (unpaired) electrons. The van der Waals surface area contributed by atoms with Crippen LogP contribution in [0.15, 0.2) is 18.6 Å². The first-order valence-electron chi connectivity index (χ1n) is 8.82. The van der Waals surface area contributed by atoms with Gasteiger partial charge in [0.25, 0.3) is 0 Å². The summed E-state index contributed by atoms with van der Waals surface area (Å²) in [4.78, 5) is 23.0. The third-order valence-electron chi connectivity index (χ3n) is 5.17. The Kier molecular flexibility index (Phi) is 3.90. The molecule has 7 heteroatoms. The van der Waals surface area contributed by atoms with Gasteiger partial charge < -0.3 is 14.2 Å². The molecule has 0 aliphatic carbocycles. The summed E-state index contributed by atoms with van der Waals surface area (Å²) in [5, 5.41) is 1.36. The first-order valence-corrected chi connectivity index (χ1v) is 9.19. The number of piperidine rings is 1. The van der Waals surface area contributed by atoms with Crippen molar-refractivity contribution in [2.24, 2.45) is 0 Å². The van der Waals surface area contributed by atoms with E-state index in [1.807, 2.05) is 37.9 Å². The standard InChI is InChI=1S/C18H23ClN4O2/c1-18(2,3)25-17(24)23-11-4-5-12(23)9-13(8-11)22-7-6-14-15(19)20-10-21-16(14)22/h6-7,10-13H,4-5,8-9H2,1-3H3. The van der Waals surface area contributed by atoms with E-state index in [1.54, 1.807) is 0 Å². The molecule has 6 nitrogen and oxygen atoms in total. The van der Waals surface area contributed by atoms with Crippen molar-refractivity contribution in [1.82, 2.24) is 19.4 Å². The number of carbonyl (C=O) groups is 1. The molecule has 0 N–H and O–H groups in total. The molecule has 4 heterocycles. The number of carbonyl (C=O) groups excluding carboxylic acids is 1. The molecule has 25 heavy (non-hydrogen) atoms. The molecular formula is C18H23ClN4O2. The number of halogens is 1. The molecule has 2 aromatic rings. The van der Waals surface area contributed by atoms with Crippen molar-refractivity contribution in [2.45, 2.75) is 70.2 Å². The van der Waals surface area contributed by atoms with E-state index in [0.29, 0.717) is 11.2 Å². The lowest BCUT2D eigenvalue weighted by atomic mass is 9.97. The highest BCUT2D eigenvalue weighted by atomic mass is 35.5. The number of nitrogens with zero attached hydrogens (tertiary/aromatic N) is 4. The topological polar surface area (TPSA) is 60.2 Å². The number of hydrogen-bond acceptors (Lipinski definition) is 4. The first-order chi connectivity index (χ1) is 11.8. The van der Waals surface area contributed by atoms with Gasteiger partial charge in [0.15, 0.2) is 0 Å². The van der Waals surface area contributed by atoms with Crippen LogP contribution in [0, 0.1) is 0 Å². The van der Waals surface area contributed by atoms with Crippen LogP contribution in [0.3, 0.4) is 0 Å². The van der Waals surface area contributed by atoms with Crippen molar-refractivity contribution in [2.75, 3.05) is 0 Å². The Morgan fingerprint density at radius 3 is 2.52 bits per heavy atom. The van der Waals surface area contributed by atoms with Crippen LogP contribution in [-0.4, -0.2) is 43.2 Å². The second-order valence-corrected chi connectivity index (χ2v) is 8.38. The van der Waals surface area contributed by atoms with Crippen LogP contribution in [0.4, 0.5) is 4.79 Å². The van der Waals surface area contributed by atoms with E-state index in [-0.39, 0.29) is 18.2 Å². The molecule has 2 unspecified atom stereocenters. The van der Waals surface area contributed by atoms with Crippen molar-refractivity contribution in [3.05, 3.63) is 23.7 Å². The zero-order chi connectivity index (χ0) is 17.8. The number of aromatic nitrogens is 3. The predicted octanol–water partition coefficient (Wildman–Crippen LogP) is 4.19. The number of rotatable bonds is 1. The van der Waals surface area contributed by atoms with Crippen LogP contribution < -0.4 is 0 Å². The lowest BCUT2D eigenvalue weighted by molar-refractivity contribution is 0.00315. The molecular weight excluding hydrogens is 340 g/mol. The number of hydrogen-bond donors (Lipinski definition) is 0. The summed E-state index contributed by atoms with van der Waals surface area (Å²) in [5.74, 6) is 0. The first kappa shape index (κ1) is 16.6. The third-order valence-corrected chi connectivity index (χ3v) is 5.47. The van der Waals surface area contributed by atoms with E-state index in [2.05, 4.69) is 14.5 Å². The van der Waals surface area contributed by atoms with Crippen molar-refractivity contribution < 1.29 is 9.53 Å². The average molecular weight is 363 g/mol. The summed E-state index contributed by atoms with van der Waals surface area (Å²) in [5.41, 5.74) is 0.410. The van der Waals surface area contributed by atoms with E-state index in [0.717, 1.165) is 36.7 Å². The Morgan fingerprint density at radius 2 is 1.88 bits per heavy atom. The molecule has 0 spiro atoms. The normalized spacial score (nSPS) is 26.2. The van der Waals surface area contributed by atoms with Crippen molar-refractivity contribution in [1.29, 1.82) is 0 Å². The molecule has 1 amide bonds. The van der Waals surface area contributed by atoms with Gasteiger partial charge in [-0.3, -0.25) is 0 Å². The second kappa shape index (κ2) is 5.87.